The van der Waals surface area contributed by atoms with Crippen LogP contribution in [0.2, 0.25) is 0 Å². The van der Waals surface area contributed by atoms with Gasteiger partial charge in [-0.1, -0.05) is 0 Å². The lowest BCUT2D eigenvalue weighted by Crippen LogP contribution is -2.09. The van der Waals surface area contributed by atoms with Gasteiger partial charge in [0.1, 0.15) is 0 Å². The summed E-state index contributed by atoms with van der Waals surface area (Å²) in [6.45, 7) is 0. The van der Waals surface area contributed by atoms with Crippen LogP contribution in [0.15, 0.2) is 30.6 Å². The second-order valence-corrected chi connectivity index (χ2v) is 3.49. The molecule has 2 rings (SSSR count). The molecule has 3 nitrogen and oxygen atoms in total. The van der Waals surface area contributed by atoms with Gasteiger partial charge in [0, 0.05) is 48.6 Å². The number of nitrogens with zero attached hydrogens (tertiary/aromatic N) is 2. The summed E-state index contributed by atoms with van der Waals surface area (Å²) in [5.41, 5.74) is 7.81. The van der Waals surface area contributed by atoms with Crippen molar-refractivity contribution in [3.05, 3.63) is 30.6 Å². The predicted octanol–water partition coefficient (Wildman–Crippen LogP) is 1.88. The molecule has 1 aromatic heterocycles. The minimum Gasteiger partial charge on any atom is -0.398 e. The first-order valence-corrected chi connectivity index (χ1v) is 4.49. The summed E-state index contributed by atoms with van der Waals surface area (Å²) in [4.78, 5) is 6.15. The predicted molar refractivity (Wildman–Crippen MR) is 60.5 cm³/mol. The monoisotopic (exact) mass is 187 g/mol. The van der Waals surface area contributed by atoms with E-state index in [0.29, 0.717) is 0 Å². The average molecular weight is 187 g/mol. The lowest BCUT2D eigenvalue weighted by molar-refractivity contribution is 1.14. The van der Waals surface area contributed by atoms with E-state index in [2.05, 4.69) is 9.88 Å². The van der Waals surface area contributed by atoms with Crippen LogP contribution in [0.3, 0.4) is 0 Å². The molecule has 72 valence electrons. The molecular formula is C11H13N3. The molecule has 0 radical (unpaired) electrons. The lowest BCUT2D eigenvalue weighted by Gasteiger charge is -2.15. The summed E-state index contributed by atoms with van der Waals surface area (Å²) in [5, 5.41) is 2.16. The van der Waals surface area contributed by atoms with Gasteiger partial charge in [-0.3, -0.25) is 4.98 Å². The Labute approximate surface area is 83.2 Å². The van der Waals surface area contributed by atoms with Gasteiger partial charge in [0.2, 0.25) is 0 Å². The number of nitrogen functional groups attached to an aromatic ring is 1. The van der Waals surface area contributed by atoms with Crippen LogP contribution in [0.4, 0.5) is 11.4 Å². The third-order valence-corrected chi connectivity index (χ3v) is 2.31. The highest BCUT2D eigenvalue weighted by Gasteiger charge is 2.04. The van der Waals surface area contributed by atoms with Crippen molar-refractivity contribution in [1.82, 2.24) is 4.98 Å². The highest BCUT2D eigenvalue weighted by Crippen LogP contribution is 2.28. The van der Waals surface area contributed by atoms with E-state index < -0.39 is 0 Å². The van der Waals surface area contributed by atoms with Crippen molar-refractivity contribution in [1.29, 1.82) is 0 Å². The zero-order chi connectivity index (χ0) is 10.1. The Morgan fingerprint density at radius 1 is 1.14 bits per heavy atom. The lowest BCUT2D eigenvalue weighted by atomic mass is 10.1. The number of anilines is 2. The number of fused-ring (bicyclic) bond motifs is 1. The molecule has 1 heterocycles. The van der Waals surface area contributed by atoms with Crippen molar-refractivity contribution in [3.8, 4) is 0 Å². The van der Waals surface area contributed by atoms with Crippen molar-refractivity contribution in [3.63, 3.8) is 0 Å². The van der Waals surface area contributed by atoms with Crippen LogP contribution in [0.5, 0.6) is 0 Å². The van der Waals surface area contributed by atoms with Crippen molar-refractivity contribution in [2.75, 3.05) is 24.7 Å². The van der Waals surface area contributed by atoms with Gasteiger partial charge in [0.25, 0.3) is 0 Å². The molecule has 3 heteroatoms. The van der Waals surface area contributed by atoms with E-state index in [1.54, 1.807) is 12.4 Å². The van der Waals surface area contributed by atoms with Gasteiger partial charge >= 0.3 is 0 Å². The van der Waals surface area contributed by atoms with E-state index in [-0.39, 0.29) is 0 Å². The zero-order valence-electron chi connectivity index (χ0n) is 8.36. The fourth-order valence-electron chi connectivity index (χ4n) is 1.59. The summed E-state index contributed by atoms with van der Waals surface area (Å²) in [6, 6.07) is 5.93. The summed E-state index contributed by atoms with van der Waals surface area (Å²) in [5.74, 6) is 0. The van der Waals surface area contributed by atoms with Crippen LogP contribution >= 0.6 is 0 Å². The Balaban J connectivity index is 2.82. The van der Waals surface area contributed by atoms with E-state index in [0.717, 1.165) is 22.1 Å². The maximum atomic E-state index is 5.87. The van der Waals surface area contributed by atoms with E-state index in [4.69, 9.17) is 5.73 Å². The number of hydrogen-bond acceptors (Lipinski definition) is 3. The third-order valence-electron chi connectivity index (χ3n) is 2.31. The van der Waals surface area contributed by atoms with Crippen LogP contribution in [-0.2, 0) is 0 Å². The second-order valence-electron chi connectivity index (χ2n) is 3.49. The number of nitrogens with two attached hydrogens (primary N) is 1. The Bertz CT molecular complexity index is 463. The van der Waals surface area contributed by atoms with Crippen LogP contribution in [0.25, 0.3) is 10.8 Å². The van der Waals surface area contributed by atoms with Crippen molar-refractivity contribution >= 4 is 22.1 Å². The standard InChI is InChI=1S/C11H13N3/c1-14(2)11-4-3-10(12)9-7-13-6-5-8(9)11/h3-7H,12H2,1-2H3. The van der Waals surface area contributed by atoms with Crippen molar-refractivity contribution < 1.29 is 0 Å². The first-order valence-electron chi connectivity index (χ1n) is 4.49. The molecule has 2 N–H and O–H groups in total. The zero-order valence-corrected chi connectivity index (χ0v) is 8.36. The quantitative estimate of drug-likeness (QED) is 0.693. The molecular weight excluding hydrogens is 174 g/mol. The third kappa shape index (κ3) is 1.27. The topological polar surface area (TPSA) is 42.1 Å². The maximum absolute atomic E-state index is 5.87. The molecule has 0 aliphatic rings. The van der Waals surface area contributed by atoms with Gasteiger partial charge < -0.3 is 10.6 Å². The Morgan fingerprint density at radius 3 is 2.64 bits per heavy atom. The SMILES string of the molecule is CN(C)c1ccc(N)c2cnccc12. The molecule has 0 saturated heterocycles. The Kier molecular flexibility index (Phi) is 2.00. The van der Waals surface area contributed by atoms with Crippen LogP contribution in [0, 0.1) is 0 Å². The average Bonchev–Trinajstić information content (AvgIpc) is 2.18. The summed E-state index contributed by atoms with van der Waals surface area (Å²) >= 11 is 0. The molecule has 1 aromatic carbocycles. The smallest absolute Gasteiger partial charge is 0.0443 e. The molecule has 0 atom stereocenters. The van der Waals surface area contributed by atoms with Crippen LogP contribution in [-0.4, -0.2) is 19.1 Å². The Morgan fingerprint density at radius 2 is 1.93 bits per heavy atom. The fourth-order valence-corrected chi connectivity index (χ4v) is 1.59. The van der Waals surface area contributed by atoms with Crippen LogP contribution < -0.4 is 10.6 Å². The number of aromatic nitrogens is 1. The number of rotatable bonds is 1. The van der Waals surface area contributed by atoms with E-state index >= 15 is 0 Å². The molecule has 0 saturated carbocycles. The van der Waals surface area contributed by atoms with E-state index in [1.807, 2.05) is 32.3 Å². The molecule has 0 amide bonds. The highest BCUT2D eigenvalue weighted by atomic mass is 15.1. The Hall–Kier alpha value is -1.77. The number of pyridine rings is 1. The molecule has 0 aliphatic carbocycles. The minimum atomic E-state index is 0.777. The van der Waals surface area contributed by atoms with Gasteiger partial charge in [0.15, 0.2) is 0 Å². The molecule has 0 bridgehead atoms. The normalized spacial score (nSPS) is 10.4. The van der Waals surface area contributed by atoms with Gasteiger partial charge in [-0.15, -0.1) is 0 Å². The molecule has 0 fully saturated rings. The first kappa shape index (κ1) is 8.81. The van der Waals surface area contributed by atoms with Gasteiger partial charge in [-0.25, -0.2) is 0 Å². The summed E-state index contributed by atoms with van der Waals surface area (Å²) in [7, 11) is 4.04. The minimum absolute atomic E-state index is 0.777. The second kappa shape index (κ2) is 3.18. The van der Waals surface area contributed by atoms with E-state index in [1.165, 1.54) is 0 Å². The highest BCUT2D eigenvalue weighted by molar-refractivity contribution is 6.00. The molecule has 2 aromatic rings. The summed E-state index contributed by atoms with van der Waals surface area (Å²) < 4.78 is 0. The van der Waals surface area contributed by atoms with Gasteiger partial charge in [-0.2, -0.15) is 0 Å². The number of hydrogen-bond donors (Lipinski definition) is 1. The molecule has 0 unspecified atom stereocenters. The largest absolute Gasteiger partial charge is 0.398 e. The van der Waals surface area contributed by atoms with Crippen molar-refractivity contribution in [2.45, 2.75) is 0 Å². The summed E-state index contributed by atoms with van der Waals surface area (Å²) in [6.07, 6.45) is 3.59. The van der Waals surface area contributed by atoms with Crippen molar-refractivity contribution in [2.24, 2.45) is 0 Å². The number of benzene rings is 1. The molecule has 0 aliphatic heterocycles. The van der Waals surface area contributed by atoms with Gasteiger partial charge in [-0.05, 0) is 18.2 Å². The van der Waals surface area contributed by atoms with Crippen LogP contribution in [0.1, 0.15) is 0 Å². The molecule has 0 spiro atoms. The fraction of sp³-hybridized carbons (Fsp3) is 0.182. The van der Waals surface area contributed by atoms with Gasteiger partial charge in [0.05, 0.1) is 0 Å². The van der Waals surface area contributed by atoms with E-state index in [9.17, 15) is 0 Å². The maximum Gasteiger partial charge on any atom is 0.0443 e. The molecule has 14 heavy (non-hydrogen) atoms. The first-order chi connectivity index (χ1) is 6.70.